The average Bonchev–Trinajstić information content (AvgIpc) is 3.19. The van der Waals surface area contributed by atoms with E-state index in [2.05, 4.69) is 16.4 Å². The molecule has 0 fully saturated rings. The van der Waals surface area contributed by atoms with Gasteiger partial charge in [-0.2, -0.15) is 5.26 Å². The maximum Gasteiger partial charge on any atom is 0.244 e. The second-order valence-electron chi connectivity index (χ2n) is 7.29. The molecule has 0 radical (unpaired) electrons. The van der Waals surface area contributed by atoms with Gasteiger partial charge in [0.25, 0.3) is 0 Å². The molecule has 0 aliphatic heterocycles. The van der Waals surface area contributed by atoms with Crippen molar-refractivity contribution in [2.75, 3.05) is 23.0 Å². The van der Waals surface area contributed by atoms with Gasteiger partial charge in [0.05, 0.1) is 28.4 Å². The fraction of sp³-hybridized carbons (Fsp3) is 0.120. The first-order valence-electron chi connectivity index (χ1n) is 10.2. The van der Waals surface area contributed by atoms with Crippen LogP contribution in [0.15, 0.2) is 84.0 Å². The van der Waals surface area contributed by atoms with Gasteiger partial charge in [0.15, 0.2) is 5.16 Å². The Balaban J connectivity index is 1.51. The summed E-state index contributed by atoms with van der Waals surface area (Å²) in [6.07, 6.45) is 0. The summed E-state index contributed by atoms with van der Waals surface area (Å²) in [5, 5.41) is 12.5. The molecule has 3 aromatic carbocycles. The number of nitrogens with zero attached hydrogens (tertiary/aromatic N) is 4. The standard InChI is InChI=1S/C25H21N5O2S/c1-29(20-10-3-2-4-11-20)24(32)17-33-25-28-21-12-5-6-13-22(21)30(25)16-23(31)27-19-9-7-8-18(14-19)15-26/h2-14H,16-17H2,1H3,(H,27,31). The summed E-state index contributed by atoms with van der Waals surface area (Å²) in [4.78, 5) is 31.8. The summed E-state index contributed by atoms with van der Waals surface area (Å²) in [5.41, 5.74) is 3.40. The van der Waals surface area contributed by atoms with Crippen LogP contribution in [0.5, 0.6) is 0 Å². The number of amides is 2. The van der Waals surface area contributed by atoms with Gasteiger partial charge in [-0.15, -0.1) is 0 Å². The van der Waals surface area contributed by atoms with Crippen molar-refractivity contribution in [2.45, 2.75) is 11.7 Å². The van der Waals surface area contributed by atoms with Gasteiger partial charge >= 0.3 is 0 Å². The van der Waals surface area contributed by atoms with Gasteiger partial charge in [-0.25, -0.2) is 4.98 Å². The van der Waals surface area contributed by atoms with Crippen LogP contribution in [0, 0.1) is 11.3 Å². The van der Waals surface area contributed by atoms with Crippen LogP contribution in [0.1, 0.15) is 5.56 Å². The lowest BCUT2D eigenvalue weighted by atomic mass is 10.2. The topological polar surface area (TPSA) is 91.0 Å². The molecule has 0 unspecified atom stereocenters. The van der Waals surface area contributed by atoms with Crippen molar-refractivity contribution in [1.82, 2.24) is 9.55 Å². The molecule has 164 valence electrons. The smallest absolute Gasteiger partial charge is 0.244 e. The number of carbonyl (C=O) groups excluding carboxylic acids is 2. The van der Waals surface area contributed by atoms with Crippen LogP contribution in [0.25, 0.3) is 11.0 Å². The minimum Gasteiger partial charge on any atom is -0.324 e. The third kappa shape index (κ3) is 5.22. The number of hydrogen-bond donors (Lipinski definition) is 1. The molecule has 1 aromatic heterocycles. The van der Waals surface area contributed by atoms with E-state index in [1.807, 2.05) is 54.6 Å². The summed E-state index contributed by atoms with van der Waals surface area (Å²) in [5.74, 6) is -0.133. The zero-order valence-corrected chi connectivity index (χ0v) is 18.7. The van der Waals surface area contributed by atoms with E-state index >= 15 is 0 Å². The first kappa shape index (κ1) is 22.1. The van der Waals surface area contributed by atoms with Gasteiger partial charge < -0.3 is 14.8 Å². The molecule has 8 heteroatoms. The van der Waals surface area contributed by atoms with Crippen LogP contribution in [0.4, 0.5) is 11.4 Å². The molecule has 0 saturated carbocycles. The molecule has 4 aromatic rings. The number of imidazole rings is 1. The lowest BCUT2D eigenvalue weighted by Crippen LogP contribution is -2.28. The van der Waals surface area contributed by atoms with Gasteiger partial charge in [0.2, 0.25) is 11.8 Å². The Bertz CT molecular complexity index is 1340. The normalized spacial score (nSPS) is 10.5. The number of fused-ring (bicyclic) bond motifs is 1. The quantitative estimate of drug-likeness (QED) is 0.420. The van der Waals surface area contributed by atoms with Gasteiger partial charge in [0, 0.05) is 18.4 Å². The fourth-order valence-corrected chi connectivity index (χ4v) is 4.27. The van der Waals surface area contributed by atoms with Crippen molar-refractivity contribution in [3.05, 3.63) is 84.4 Å². The molecule has 4 rings (SSSR count). The molecule has 1 heterocycles. The van der Waals surface area contributed by atoms with Gasteiger partial charge in [-0.3, -0.25) is 9.59 Å². The largest absolute Gasteiger partial charge is 0.324 e. The van der Waals surface area contributed by atoms with E-state index in [4.69, 9.17) is 5.26 Å². The maximum atomic E-state index is 12.8. The number of nitriles is 1. The van der Waals surface area contributed by atoms with E-state index in [1.54, 1.807) is 40.8 Å². The predicted molar refractivity (Wildman–Crippen MR) is 130 cm³/mol. The predicted octanol–water partition coefficient (Wildman–Crippen LogP) is 4.30. The van der Waals surface area contributed by atoms with E-state index < -0.39 is 0 Å². The molecule has 33 heavy (non-hydrogen) atoms. The Morgan fingerprint density at radius 1 is 1.06 bits per heavy atom. The number of aromatic nitrogens is 2. The number of nitrogens with one attached hydrogen (secondary N) is 1. The molecule has 2 amide bonds. The number of benzene rings is 3. The van der Waals surface area contributed by atoms with Crippen LogP contribution in [-0.4, -0.2) is 34.2 Å². The lowest BCUT2D eigenvalue weighted by Gasteiger charge is -2.17. The van der Waals surface area contributed by atoms with Crippen LogP contribution in [-0.2, 0) is 16.1 Å². The first-order valence-corrected chi connectivity index (χ1v) is 11.2. The Morgan fingerprint density at radius 2 is 1.82 bits per heavy atom. The molecule has 7 nitrogen and oxygen atoms in total. The molecular formula is C25H21N5O2S. The summed E-state index contributed by atoms with van der Waals surface area (Å²) in [7, 11) is 1.74. The number of rotatable bonds is 7. The van der Waals surface area contributed by atoms with Gasteiger partial charge in [0.1, 0.15) is 6.54 Å². The van der Waals surface area contributed by atoms with Crippen molar-refractivity contribution < 1.29 is 9.59 Å². The molecule has 1 N–H and O–H groups in total. The summed E-state index contributed by atoms with van der Waals surface area (Å²) >= 11 is 1.30. The summed E-state index contributed by atoms with van der Waals surface area (Å²) in [6, 6.07) is 25.8. The number of hydrogen-bond acceptors (Lipinski definition) is 5. The zero-order chi connectivity index (χ0) is 23.2. The Labute approximate surface area is 195 Å². The van der Waals surface area contributed by atoms with Crippen molar-refractivity contribution in [2.24, 2.45) is 0 Å². The zero-order valence-electron chi connectivity index (χ0n) is 17.9. The minimum absolute atomic E-state index is 0.0301. The SMILES string of the molecule is CN(C(=O)CSc1nc2ccccc2n1CC(=O)Nc1cccc(C#N)c1)c1ccccc1. The average molecular weight is 456 g/mol. The van der Waals surface area contributed by atoms with Crippen LogP contribution in [0.3, 0.4) is 0 Å². The van der Waals surface area contributed by atoms with Crippen molar-refractivity contribution >= 4 is 46.0 Å². The van der Waals surface area contributed by atoms with E-state index in [1.165, 1.54) is 11.8 Å². The van der Waals surface area contributed by atoms with Crippen molar-refractivity contribution in [3.63, 3.8) is 0 Å². The van der Waals surface area contributed by atoms with E-state index in [9.17, 15) is 9.59 Å². The molecular weight excluding hydrogens is 434 g/mol. The number of thioether (sulfide) groups is 1. The summed E-state index contributed by atoms with van der Waals surface area (Å²) in [6.45, 7) is 0.0301. The summed E-state index contributed by atoms with van der Waals surface area (Å²) < 4.78 is 1.80. The molecule has 0 aliphatic rings. The monoisotopic (exact) mass is 455 g/mol. The third-order valence-corrected chi connectivity index (χ3v) is 6.00. The maximum absolute atomic E-state index is 12.8. The highest BCUT2D eigenvalue weighted by molar-refractivity contribution is 7.99. The van der Waals surface area contributed by atoms with Crippen molar-refractivity contribution in [3.8, 4) is 6.07 Å². The van der Waals surface area contributed by atoms with Gasteiger partial charge in [-0.05, 0) is 42.5 Å². The second kappa shape index (κ2) is 10.0. The highest BCUT2D eigenvalue weighted by Gasteiger charge is 2.17. The van der Waals surface area contributed by atoms with Gasteiger partial charge in [-0.1, -0.05) is 48.2 Å². The number of carbonyl (C=O) groups is 2. The third-order valence-electron chi connectivity index (χ3n) is 5.04. The van der Waals surface area contributed by atoms with Crippen molar-refractivity contribution in [1.29, 1.82) is 5.26 Å². The minimum atomic E-state index is -0.247. The fourth-order valence-electron chi connectivity index (χ4n) is 3.35. The second-order valence-corrected chi connectivity index (χ2v) is 8.23. The molecule has 0 aliphatic carbocycles. The number of anilines is 2. The first-order chi connectivity index (χ1) is 16.0. The molecule has 0 bridgehead atoms. The highest BCUT2D eigenvalue weighted by atomic mass is 32.2. The van der Waals surface area contributed by atoms with E-state index in [-0.39, 0.29) is 24.1 Å². The Morgan fingerprint density at radius 3 is 2.61 bits per heavy atom. The van der Waals surface area contributed by atoms with Crippen LogP contribution < -0.4 is 10.2 Å². The molecule has 0 spiro atoms. The lowest BCUT2D eigenvalue weighted by molar-refractivity contribution is -0.117. The van der Waals surface area contributed by atoms with E-state index in [0.29, 0.717) is 16.4 Å². The Kier molecular flexibility index (Phi) is 6.72. The Hall–Kier alpha value is -4.09. The molecule has 0 atom stereocenters. The van der Waals surface area contributed by atoms with Crippen LogP contribution in [0.2, 0.25) is 0 Å². The number of para-hydroxylation sites is 3. The van der Waals surface area contributed by atoms with Crippen LogP contribution >= 0.6 is 11.8 Å². The highest BCUT2D eigenvalue weighted by Crippen LogP contribution is 2.25. The molecule has 0 saturated heterocycles. The van der Waals surface area contributed by atoms with E-state index in [0.717, 1.165) is 16.7 Å².